The van der Waals surface area contributed by atoms with Gasteiger partial charge in [-0.05, 0) is 42.5 Å². The molecule has 118 valence electrons. The highest BCUT2D eigenvalue weighted by molar-refractivity contribution is 6.31. The molecule has 0 atom stereocenters. The van der Waals surface area contributed by atoms with Gasteiger partial charge >= 0.3 is 0 Å². The Labute approximate surface area is 142 Å². The maximum atomic E-state index is 12.2. The summed E-state index contributed by atoms with van der Waals surface area (Å²) in [4.78, 5) is 25.6. The summed E-state index contributed by atoms with van der Waals surface area (Å²) in [5.41, 5.74) is 1.09. The number of hydrogen-bond acceptors (Lipinski definition) is 3. The number of carbonyl (C=O) groups excluding carboxylic acids is 2. The van der Waals surface area contributed by atoms with Crippen LogP contribution in [-0.2, 0) is 9.59 Å². The number of anilines is 2. The van der Waals surface area contributed by atoms with Crippen LogP contribution in [0.5, 0.6) is 5.75 Å². The molecule has 0 radical (unpaired) electrons. The number of hydrogen-bond donors (Lipinski definition) is 1. The van der Waals surface area contributed by atoms with Crippen molar-refractivity contribution in [3.8, 4) is 5.75 Å². The molecule has 1 aliphatic rings. The second kappa shape index (κ2) is 6.48. The van der Waals surface area contributed by atoms with E-state index in [0.717, 1.165) is 0 Å². The van der Waals surface area contributed by atoms with Crippen molar-refractivity contribution in [1.29, 1.82) is 0 Å². The van der Waals surface area contributed by atoms with Gasteiger partial charge in [0.25, 0.3) is 5.91 Å². The van der Waals surface area contributed by atoms with Crippen LogP contribution >= 0.6 is 23.2 Å². The van der Waals surface area contributed by atoms with Crippen molar-refractivity contribution in [3.63, 3.8) is 0 Å². The summed E-state index contributed by atoms with van der Waals surface area (Å²) in [6.45, 7) is -0.235. The van der Waals surface area contributed by atoms with Gasteiger partial charge in [0.2, 0.25) is 5.91 Å². The number of rotatable bonds is 3. The van der Waals surface area contributed by atoms with Crippen LogP contribution in [-0.4, -0.2) is 25.0 Å². The largest absolute Gasteiger partial charge is 0.482 e. The van der Waals surface area contributed by atoms with E-state index in [1.54, 1.807) is 42.5 Å². The molecule has 0 spiro atoms. The zero-order chi connectivity index (χ0) is 16.4. The molecule has 0 fully saturated rings. The lowest BCUT2D eigenvalue weighted by atomic mass is 10.2. The second-order valence-electron chi connectivity index (χ2n) is 4.94. The monoisotopic (exact) mass is 350 g/mol. The first-order valence-corrected chi connectivity index (χ1v) is 7.56. The topological polar surface area (TPSA) is 58.6 Å². The number of nitrogens with zero attached hydrogens (tertiary/aromatic N) is 1. The molecule has 2 amide bonds. The smallest absolute Gasteiger partial charge is 0.265 e. The molecule has 0 saturated heterocycles. The minimum atomic E-state index is -0.325. The van der Waals surface area contributed by atoms with Gasteiger partial charge in [0, 0.05) is 15.7 Å². The van der Waals surface area contributed by atoms with E-state index in [1.165, 1.54) is 4.90 Å². The molecule has 1 N–H and O–H groups in total. The molecule has 7 heteroatoms. The average molecular weight is 351 g/mol. The Kier molecular flexibility index (Phi) is 4.41. The van der Waals surface area contributed by atoms with Gasteiger partial charge < -0.3 is 10.1 Å². The Morgan fingerprint density at radius 1 is 1.13 bits per heavy atom. The van der Waals surface area contributed by atoms with Gasteiger partial charge in [0.05, 0.1) is 5.69 Å². The van der Waals surface area contributed by atoms with Crippen LogP contribution < -0.4 is 15.0 Å². The van der Waals surface area contributed by atoms with E-state index in [0.29, 0.717) is 27.2 Å². The van der Waals surface area contributed by atoms with Crippen molar-refractivity contribution in [1.82, 2.24) is 0 Å². The van der Waals surface area contributed by atoms with E-state index in [4.69, 9.17) is 27.9 Å². The first-order valence-electron chi connectivity index (χ1n) is 6.81. The quantitative estimate of drug-likeness (QED) is 0.923. The van der Waals surface area contributed by atoms with E-state index >= 15 is 0 Å². The molecule has 23 heavy (non-hydrogen) atoms. The summed E-state index contributed by atoms with van der Waals surface area (Å²) in [6.07, 6.45) is 0. The molecule has 3 rings (SSSR count). The third-order valence-corrected chi connectivity index (χ3v) is 3.78. The highest BCUT2D eigenvalue weighted by Crippen LogP contribution is 2.34. The van der Waals surface area contributed by atoms with Gasteiger partial charge in [0.15, 0.2) is 6.61 Å². The third kappa shape index (κ3) is 3.57. The van der Waals surface area contributed by atoms with Gasteiger partial charge in [-0.15, -0.1) is 0 Å². The van der Waals surface area contributed by atoms with E-state index in [1.807, 2.05) is 0 Å². The standard InChI is InChI=1S/C16H12Cl2N2O3/c17-10-1-4-12(5-2-10)19-15(21)8-20-13-7-11(18)3-6-14(13)23-9-16(20)22/h1-7H,8-9H2,(H,19,21). The molecule has 2 aromatic carbocycles. The molecule has 5 nitrogen and oxygen atoms in total. The SMILES string of the molecule is O=C(CN1C(=O)COc2ccc(Cl)cc21)Nc1ccc(Cl)cc1. The molecule has 0 saturated carbocycles. The van der Waals surface area contributed by atoms with Gasteiger partial charge in [-0.25, -0.2) is 0 Å². The summed E-state index contributed by atoms with van der Waals surface area (Å²) in [7, 11) is 0. The maximum absolute atomic E-state index is 12.2. The number of ether oxygens (including phenoxy) is 1. The minimum Gasteiger partial charge on any atom is -0.482 e. The Morgan fingerprint density at radius 2 is 1.83 bits per heavy atom. The first-order chi connectivity index (χ1) is 11.0. The zero-order valence-electron chi connectivity index (χ0n) is 11.9. The number of nitrogens with one attached hydrogen (secondary N) is 1. The first kappa shape index (κ1) is 15.6. The van der Waals surface area contributed by atoms with Gasteiger partial charge in [-0.2, -0.15) is 0 Å². The van der Waals surface area contributed by atoms with Gasteiger partial charge in [0.1, 0.15) is 12.3 Å². The second-order valence-corrected chi connectivity index (χ2v) is 5.81. The van der Waals surface area contributed by atoms with Crippen molar-refractivity contribution >= 4 is 46.4 Å². The normalized spacial score (nSPS) is 13.3. The van der Waals surface area contributed by atoms with Crippen LogP contribution in [0.2, 0.25) is 10.0 Å². The van der Waals surface area contributed by atoms with Crippen LogP contribution in [0.15, 0.2) is 42.5 Å². The number of amides is 2. The van der Waals surface area contributed by atoms with E-state index < -0.39 is 0 Å². The fraction of sp³-hybridized carbons (Fsp3) is 0.125. The van der Waals surface area contributed by atoms with Crippen LogP contribution in [0.4, 0.5) is 11.4 Å². The lowest BCUT2D eigenvalue weighted by Crippen LogP contribution is -2.43. The molecule has 1 aliphatic heterocycles. The van der Waals surface area contributed by atoms with Crippen LogP contribution in [0.3, 0.4) is 0 Å². The van der Waals surface area contributed by atoms with Gasteiger partial charge in [-0.3, -0.25) is 14.5 Å². The van der Waals surface area contributed by atoms with Gasteiger partial charge in [-0.1, -0.05) is 23.2 Å². The maximum Gasteiger partial charge on any atom is 0.265 e. The molecule has 0 bridgehead atoms. The Morgan fingerprint density at radius 3 is 2.57 bits per heavy atom. The average Bonchev–Trinajstić information content (AvgIpc) is 2.52. The summed E-state index contributed by atoms with van der Waals surface area (Å²) >= 11 is 11.8. The molecule has 0 aromatic heterocycles. The van der Waals surface area contributed by atoms with Crippen molar-refractivity contribution < 1.29 is 14.3 Å². The highest BCUT2D eigenvalue weighted by atomic mass is 35.5. The van der Waals surface area contributed by atoms with E-state index in [2.05, 4.69) is 5.32 Å². The van der Waals surface area contributed by atoms with Crippen molar-refractivity contribution in [2.45, 2.75) is 0 Å². The van der Waals surface area contributed by atoms with Crippen molar-refractivity contribution in [2.24, 2.45) is 0 Å². The molecular weight excluding hydrogens is 339 g/mol. The number of carbonyl (C=O) groups is 2. The fourth-order valence-corrected chi connectivity index (χ4v) is 2.52. The van der Waals surface area contributed by atoms with Crippen molar-refractivity contribution in [3.05, 3.63) is 52.5 Å². The number of halogens is 2. The predicted octanol–water partition coefficient (Wildman–Crippen LogP) is 3.36. The van der Waals surface area contributed by atoms with Crippen LogP contribution in [0.25, 0.3) is 0 Å². The molecular formula is C16H12Cl2N2O3. The molecule has 2 aromatic rings. The van der Waals surface area contributed by atoms with Crippen LogP contribution in [0, 0.1) is 0 Å². The lowest BCUT2D eigenvalue weighted by molar-refractivity contribution is -0.123. The summed E-state index contributed by atoms with van der Waals surface area (Å²) in [5.74, 6) is -0.104. The molecule has 0 aliphatic carbocycles. The Balaban J connectivity index is 1.76. The predicted molar refractivity (Wildman–Crippen MR) is 89.4 cm³/mol. The fourth-order valence-electron chi connectivity index (χ4n) is 2.23. The molecule has 1 heterocycles. The summed E-state index contributed by atoms with van der Waals surface area (Å²) in [5, 5.41) is 3.76. The van der Waals surface area contributed by atoms with Crippen LogP contribution in [0.1, 0.15) is 0 Å². The number of fused-ring (bicyclic) bond motifs is 1. The van der Waals surface area contributed by atoms with E-state index in [9.17, 15) is 9.59 Å². The zero-order valence-corrected chi connectivity index (χ0v) is 13.4. The highest BCUT2D eigenvalue weighted by Gasteiger charge is 2.27. The van der Waals surface area contributed by atoms with Crippen molar-refractivity contribution in [2.75, 3.05) is 23.4 Å². The van der Waals surface area contributed by atoms with E-state index in [-0.39, 0.29) is 25.0 Å². The lowest BCUT2D eigenvalue weighted by Gasteiger charge is -2.29. The Hall–Kier alpha value is -2.24. The third-order valence-electron chi connectivity index (χ3n) is 3.29. The number of benzene rings is 2. The Bertz CT molecular complexity index is 762. The summed E-state index contributed by atoms with van der Waals surface area (Å²) < 4.78 is 5.34. The summed E-state index contributed by atoms with van der Waals surface area (Å²) in [6, 6.07) is 11.7. The minimum absolute atomic E-state index is 0.108. The molecule has 0 unspecified atom stereocenters.